The maximum atomic E-state index is 13.8. The monoisotopic (exact) mass is 315 g/mol. The average molecular weight is 316 g/mol. The second kappa shape index (κ2) is 4.82. The number of hydrogen-bond acceptors (Lipinski definition) is 2. The van der Waals surface area contributed by atoms with Crippen molar-refractivity contribution in [3.8, 4) is 0 Å². The van der Waals surface area contributed by atoms with Gasteiger partial charge in [-0.25, -0.2) is 8.78 Å². The predicted octanol–water partition coefficient (Wildman–Crippen LogP) is 3.99. The van der Waals surface area contributed by atoms with Crippen LogP contribution in [-0.4, -0.2) is 0 Å². The van der Waals surface area contributed by atoms with E-state index in [9.17, 15) is 8.78 Å². The standard InChI is InChI=1S/C13H12BrF2NO/c1-6-3-11(18-7(6)2)13(17)12-9(15)4-8(14)5-10(12)16/h3-5,13H,17H2,1-2H3. The fraction of sp³-hybridized carbons (Fsp3) is 0.231. The van der Waals surface area contributed by atoms with Gasteiger partial charge in [0.2, 0.25) is 0 Å². The molecule has 0 fully saturated rings. The summed E-state index contributed by atoms with van der Waals surface area (Å²) in [7, 11) is 0. The molecule has 0 amide bonds. The second-order valence-corrected chi connectivity index (χ2v) is 5.06. The smallest absolute Gasteiger partial charge is 0.132 e. The fourth-order valence-corrected chi connectivity index (χ4v) is 2.15. The lowest BCUT2D eigenvalue weighted by atomic mass is 10.0. The van der Waals surface area contributed by atoms with Gasteiger partial charge in [0.1, 0.15) is 23.2 Å². The number of furan rings is 1. The van der Waals surface area contributed by atoms with Crippen LogP contribution in [0.5, 0.6) is 0 Å². The van der Waals surface area contributed by atoms with Crippen molar-refractivity contribution in [2.45, 2.75) is 19.9 Å². The van der Waals surface area contributed by atoms with Gasteiger partial charge in [0.25, 0.3) is 0 Å². The number of benzene rings is 1. The molecule has 1 aromatic carbocycles. The minimum atomic E-state index is -0.953. The molecule has 0 aliphatic carbocycles. The molecule has 2 nitrogen and oxygen atoms in total. The SMILES string of the molecule is Cc1cc(C(N)c2c(F)cc(Br)cc2F)oc1C. The van der Waals surface area contributed by atoms with E-state index in [0.717, 1.165) is 5.56 Å². The summed E-state index contributed by atoms with van der Waals surface area (Å²) in [6.07, 6.45) is 0. The lowest BCUT2D eigenvalue weighted by Crippen LogP contribution is -2.15. The Labute approximate surface area is 112 Å². The Morgan fingerprint density at radius 3 is 2.17 bits per heavy atom. The lowest BCUT2D eigenvalue weighted by molar-refractivity contribution is 0.448. The van der Waals surface area contributed by atoms with Crippen molar-refractivity contribution in [1.82, 2.24) is 0 Å². The zero-order chi connectivity index (χ0) is 13.4. The predicted molar refractivity (Wildman–Crippen MR) is 68.3 cm³/mol. The topological polar surface area (TPSA) is 39.2 Å². The van der Waals surface area contributed by atoms with Crippen LogP contribution < -0.4 is 5.73 Å². The second-order valence-electron chi connectivity index (χ2n) is 4.15. The molecule has 2 aromatic rings. The molecule has 0 spiro atoms. The summed E-state index contributed by atoms with van der Waals surface area (Å²) in [6.45, 7) is 3.63. The summed E-state index contributed by atoms with van der Waals surface area (Å²) in [4.78, 5) is 0. The molecule has 5 heteroatoms. The summed E-state index contributed by atoms with van der Waals surface area (Å²) in [5.41, 5.74) is 6.57. The molecule has 1 unspecified atom stereocenters. The average Bonchev–Trinajstić information content (AvgIpc) is 2.57. The van der Waals surface area contributed by atoms with Crippen molar-refractivity contribution < 1.29 is 13.2 Å². The highest BCUT2D eigenvalue weighted by Gasteiger charge is 2.22. The third-order valence-corrected chi connectivity index (χ3v) is 3.30. The van der Waals surface area contributed by atoms with Gasteiger partial charge in [0.15, 0.2) is 0 Å². The van der Waals surface area contributed by atoms with Crippen molar-refractivity contribution in [3.63, 3.8) is 0 Å². The molecule has 2 N–H and O–H groups in total. The highest BCUT2D eigenvalue weighted by atomic mass is 79.9. The van der Waals surface area contributed by atoms with Crippen LogP contribution in [0, 0.1) is 25.5 Å². The van der Waals surface area contributed by atoms with Crippen molar-refractivity contribution in [3.05, 3.63) is 57.0 Å². The Hall–Kier alpha value is -1.20. The minimum Gasteiger partial charge on any atom is -0.464 e. The molecule has 1 heterocycles. The molecule has 0 bridgehead atoms. The summed E-state index contributed by atoms with van der Waals surface area (Å²) in [6, 6.07) is 3.11. The number of nitrogens with two attached hydrogens (primary N) is 1. The van der Waals surface area contributed by atoms with Gasteiger partial charge in [-0.05, 0) is 37.6 Å². The Morgan fingerprint density at radius 1 is 1.17 bits per heavy atom. The highest BCUT2D eigenvalue weighted by Crippen LogP contribution is 2.29. The van der Waals surface area contributed by atoms with Crippen molar-refractivity contribution in [2.75, 3.05) is 0 Å². The molecule has 1 aromatic heterocycles. The third kappa shape index (κ3) is 2.33. The number of aryl methyl sites for hydroxylation is 2. The van der Waals surface area contributed by atoms with Crippen LogP contribution in [0.15, 0.2) is 27.1 Å². The maximum absolute atomic E-state index is 13.8. The van der Waals surface area contributed by atoms with Gasteiger partial charge in [-0.15, -0.1) is 0 Å². The van der Waals surface area contributed by atoms with E-state index in [1.807, 2.05) is 6.92 Å². The normalized spacial score (nSPS) is 12.8. The first-order chi connectivity index (χ1) is 8.40. The van der Waals surface area contributed by atoms with Gasteiger partial charge in [-0.3, -0.25) is 0 Å². The molecule has 0 aliphatic heterocycles. The Morgan fingerprint density at radius 2 is 1.72 bits per heavy atom. The Balaban J connectivity index is 2.49. The fourth-order valence-electron chi connectivity index (χ4n) is 1.75. The van der Waals surface area contributed by atoms with E-state index in [1.54, 1.807) is 13.0 Å². The van der Waals surface area contributed by atoms with E-state index in [-0.39, 0.29) is 5.56 Å². The summed E-state index contributed by atoms with van der Waals surface area (Å²) < 4.78 is 33.3. The van der Waals surface area contributed by atoms with E-state index in [2.05, 4.69) is 15.9 Å². The highest BCUT2D eigenvalue weighted by molar-refractivity contribution is 9.10. The zero-order valence-corrected chi connectivity index (χ0v) is 11.5. The van der Waals surface area contributed by atoms with Crippen molar-refractivity contribution >= 4 is 15.9 Å². The van der Waals surface area contributed by atoms with Crippen LogP contribution >= 0.6 is 15.9 Å². The quantitative estimate of drug-likeness (QED) is 0.910. The molecule has 2 rings (SSSR count). The Bertz CT molecular complexity index is 552. The maximum Gasteiger partial charge on any atom is 0.132 e. The van der Waals surface area contributed by atoms with Crippen molar-refractivity contribution in [1.29, 1.82) is 0 Å². The molecule has 96 valence electrons. The molecular formula is C13H12BrF2NO. The van der Waals surface area contributed by atoms with Crippen LogP contribution in [-0.2, 0) is 0 Å². The zero-order valence-electron chi connectivity index (χ0n) is 9.93. The summed E-state index contributed by atoms with van der Waals surface area (Å²) >= 11 is 3.02. The molecular weight excluding hydrogens is 304 g/mol. The van der Waals surface area contributed by atoms with Crippen LogP contribution in [0.25, 0.3) is 0 Å². The minimum absolute atomic E-state index is 0.188. The summed E-state index contributed by atoms with van der Waals surface area (Å²) in [5.74, 6) is -0.342. The molecule has 0 aliphatic rings. The van der Waals surface area contributed by atoms with E-state index >= 15 is 0 Å². The van der Waals surface area contributed by atoms with Gasteiger partial charge in [-0.1, -0.05) is 15.9 Å². The van der Waals surface area contributed by atoms with Crippen LogP contribution in [0.4, 0.5) is 8.78 Å². The number of rotatable bonds is 2. The largest absolute Gasteiger partial charge is 0.464 e. The molecule has 18 heavy (non-hydrogen) atoms. The Kier molecular flexibility index (Phi) is 3.54. The van der Waals surface area contributed by atoms with E-state index < -0.39 is 17.7 Å². The third-order valence-electron chi connectivity index (χ3n) is 2.85. The van der Waals surface area contributed by atoms with Gasteiger partial charge < -0.3 is 10.2 Å². The van der Waals surface area contributed by atoms with E-state index in [0.29, 0.717) is 16.0 Å². The lowest BCUT2D eigenvalue weighted by Gasteiger charge is -2.12. The number of hydrogen-bond donors (Lipinski definition) is 1. The van der Waals surface area contributed by atoms with Crippen LogP contribution in [0.2, 0.25) is 0 Å². The molecule has 0 radical (unpaired) electrons. The van der Waals surface area contributed by atoms with Crippen LogP contribution in [0.3, 0.4) is 0 Å². The van der Waals surface area contributed by atoms with Crippen LogP contribution in [0.1, 0.15) is 28.7 Å². The van der Waals surface area contributed by atoms with E-state index in [1.165, 1.54) is 12.1 Å². The molecule has 0 saturated heterocycles. The first-order valence-corrected chi connectivity index (χ1v) is 6.16. The van der Waals surface area contributed by atoms with E-state index in [4.69, 9.17) is 10.2 Å². The van der Waals surface area contributed by atoms with Gasteiger partial charge in [0, 0.05) is 10.0 Å². The van der Waals surface area contributed by atoms with Gasteiger partial charge in [0.05, 0.1) is 6.04 Å². The summed E-state index contributed by atoms with van der Waals surface area (Å²) in [5, 5.41) is 0. The number of halogens is 3. The van der Waals surface area contributed by atoms with Crippen molar-refractivity contribution in [2.24, 2.45) is 5.73 Å². The first kappa shape index (κ1) is 13.2. The van der Waals surface area contributed by atoms with Gasteiger partial charge >= 0.3 is 0 Å². The van der Waals surface area contributed by atoms with Gasteiger partial charge in [-0.2, -0.15) is 0 Å². The molecule has 1 atom stereocenters. The first-order valence-electron chi connectivity index (χ1n) is 5.37. The molecule has 0 saturated carbocycles.